The number of hydrogen-bond donors (Lipinski definition) is 2. The molecule has 1 aliphatic carbocycles. The van der Waals surface area contributed by atoms with E-state index in [0.717, 1.165) is 24.6 Å². The summed E-state index contributed by atoms with van der Waals surface area (Å²) in [6.07, 6.45) is 2.66. The van der Waals surface area contributed by atoms with E-state index in [1.54, 1.807) is 13.1 Å². The Balaban J connectivity index is 1.51. The third-order valence-corrected chi connectivity index (χ3v) is 4.95. The van der Waals surface area contributed by atoms with Crippen LogP contribution in [0.3, 0.4) is 0 Å². The molecular formula is C20H18F2N6O. The van der Waals surface area contributed by atoms with Crippen LogP contribution in [0.5, 0.6) is 0 Å². The number of H-pyrrole nitrogens is 1. The van der Waals surface area contributed by atoms with E-state index in [2.05, 4.69) is 20.6 Å². The Kier molecular flexibility index (Phi) is 4.84. The Labute approximate surface area is 165 Å². The van der Waals surface area contributed by atoms with Gasteiger partial charge in [-0.2, -0.15) is 15.5 Å². The third kappa shape index (κ3) is 4.01. The number of nitrogens with one attached hydrogen (secondary N) is 2. The molecule has 3 aromatic rings. The van der Waals surface area contributed by atoms with Crippen LogP contribution in [0, 0.1) is 11.3 Å². The van der Waals surface area contributed by atoms with E-state index < -0.39 is 12.3 Å². The molecule has 0 aliphatic heterocycles. The normalized spacial score (nSPS) is 14.6. The highest BCUT2D eigenvalue weighted by Crippen LogP contribution is 2.39. The molecule has 29 heavy (non-hydrogen) atoms. The molecule has 7 nitrogen and oxygen atoms in total. The van der Waals surface area contributed by atoms with E-state index in [1.165, 1.54) is 23.0 Å². The molecule has 2 aromatic heterocycles. The van der Waals surface area contributed by atoms with Crippen molar-refractivity contribution in [2.75, 3.05) is 5.32 Å². The van der Waals surface area contributed by atoms with E-state index in [9.17, 15) is 13.6 Å². The fourth-order valence-electron chi connectivity index (χ4n) is 3.05. The molecule has 2 N–H and O–H groups in total. The lowest BCUT2D eigenvalue weighted by molar-refractivity contribution is -0.117. The minimum absolute atomic E-state index is 0.116. The number of rotatable bonds is 6. The van der Waals surface area contributed by atoms with E-state index in [1.807, 2.05) is 12.1 Å². The largest absolute Gasteiger partial charge is 0.309 e. The van der Waals surface area contributed by atoms with Gasteiger partial charge in [0.15, 0.2) is 5.82 Å². The number of benzene rings is 1. The predicted molar refractivity (Wildman–Crippen MR) is 101 cm³/mol. The van der Waals surface area contributed by atoms with Gasteiger partial charge in [-0.3, -0.25) is 9.89 Å². The number of aromatic amines is 1. The summed E-state index contributed by atoms with van der Waals surface area (Å²) < 4.78 is 27.5. The lowest BCUT2D eigenvalue weighted by Gasteiger charge is -2.09. The van der Waals surface area contributed by atoms with E-state index >= 15 is 0 Å². The van der Waals surface area contributed by atoms with Gasteiger partial charge in [0.05, 0.1) is 29.4 Å². The van der Waals surface area contributed by atoms with Gasteiger partial charge in [-0.05, 0) is 38.0 Å². The first-order chi connectivity index (χ1) is 13.9. The van der Waals surface area contributed by atoms with Crippen LogP contribution in [0.25, 0.3) is 5.69 Å². The zero-order valence-electron chi connectivity index (χ0n) is 15.6. The topological polar surface area (TPSA) is 99.4 Å². The van der Waals surface area contributed by atoms with Crippen LogP contribution in [-0.2, 0) is 4.79 Å². The number of halogens is 2. The average Bonchev–Trinajstić information content (AvgIpc) is 3.26. The number of anilines is 1. The maximum Gasteiger partial charge on any atom is 0.263 e. The highest BCUT2D eigenvalue weighted by molar-refractivity contribution is 5.94. The van der Waals surface area contributed by atoms with Gasteiger partial charge in [-0.25, -0.2) is 13.5 Å². The lowest BCUT2D eigenvalue weighted by atomic mass is 10.0. The van der Waals surface area contributed by atoms with E-state index in [-0.39, 0.29) is 17.0 Å². The van der Waals surface area contributed by atoms with E-state index in [0.29, 0.717) is 23.0 Å². The molecule has 9 heteroatoms. The molecule has 1 amide bonds. The molecule has 0 saturated heterocycles. The molecule has 148 valence electrons. The standard InChI is InChI=1S/C20H18F2N6O/c1-11(20(29)25-18-7-17(26-27-18)13-2-3-13)15-9-24-28(10-15)16-5-12(8-23)4-14(6-16)19(21)22/h4-7,9-11,13,19H,2-3H2,1H3,(H2,25,26,27,29)/t11-/m1/s1. The van der Waals surface area contributed by atoms with Crippen molar-refractivity contribution in [2.45, 2.75) is 38.0 Å². The molecule has 0 bridgehead atoms. The minimum Gasteiger partial charge on any atom is -0.309 e. The zero-order valence-corrected chi connectivity index (χ0v) is 15.6. The maximum absolute atomic E-state index is 13.1. The van der Waals surface area contributed by atoms with Crippen molar-refractivity contribution in [1.29, 1.82) is 5.26 Å². The summed E-state index contributed by atoms with van der Waals surface area (Å²) in [6, 6.07) is 7.60. The maximum atomic E-state index is 13.1. The van der Waals surface area contributed by atoms with Crippen LogP contribution in [0.4, 0.5) is 14.6 Å². The van der Waals surface area contributed by atoms with Crippen molar-refractivity contribution < 1.29 is 13.6 Å². The highest BCUT2D eigenvalue weighted by atomic mass is 19.3. The summed E-state index contributed by atoms with van der Waals surface area (Å²) in [5.41, 5.74) is 1.83. The van der Waals surface area contributed by atoms with Crippen LogP contribution in [-0.4, -0.2) is 25.9 Å². The van der Waals surface area contributed by atoms with Crippen molar-refractivity contribution in [3.8, 4) is 11.8 Å². The van der Waals surface area contributed by atoms with Crippen molar-refractivity contribution in [2.24, 2.45) is 0 Å². The van der Waals surface area contributed by atoms with Crippen molar-refractivity contribution >= 4 is 11.7 Å². The second-order valence-electron chi connectivity index (χ2n) is 7.14. The lowest BCUT2D eigenvalue weighted by Crippen LogP contribution is -2.18. The minimum atomic E-state index is -2.70. The molecule has 1 atom stereocenters. The summed E-state index contributed by atoms with van der Waals surface area (Å²) in [5.74, 6) is 0.196. The quantitative estimate of drug-likeness (QED) is 0.657. The Morgan fingerprint density at radius 1 is 1.31 bits per heavy atom. The summed E-state index contributed by atoms with van der Waals surface area (Å²) in [6.45, 7) is 1.72. The van der Waals surface area contributed by atoms with Gasteiger partial charge in [0.1, 0.15) is 0 Å². The molecule has 1 aromatic carbocycles. The third-order valence-electron chi connectivity index (χ3n) is 4.95. The van der Waals surface area contributed by atoms with Crippen LogP contribution in [0.1, 0.15) is 60.4 Å². The van der Waals surface area contributed by atoms with Crippen molar-refractivity contribution in [3.63, 3.8) is 0 Å². The number of carbonyl (C=O) groups excluding carboxylic acids is 1. The monoisotopic (exact) mass is 396 g/mol. The zero-order chi connectivity index (χ0) is 20.5. The first kappa shape index (κ1) is 18.8. The van der Waals surface area contributed by atoms with Crippen LogP contribution in [0.15, 0.2) is 36.7 Å². The van der Waals surface area contributed by atoms with Gasteiger partial charge >= 0.3 is 0 Å². The van der Waals surface area contributed by atoms with Gasteiger partial charge in [-0.15, -0.1) is 0 Å². The smallest absolute Gasteiger partial charge is 0.263 e. The Morgan fingerprint density at radius 3 is 2.79 bits per heavy atom. The first-order valence-electron chi connectivity index (χ1n) is 9.19. The number of carbonyl (C=O) groups is 1. The summed E-state index contributed by atoms with van der Waals surface area (Å²) >= 11 is 0. The van der Waals surface area contributed by atoms with E-state index in [4.69, 9.17) is 5.26 Å². The molecule has 2 heterocycles. The second kappa shape index (κ2) is 7.47. The van der Waals surface area contributed by atoms with Gasteiger partial charge in [-0.1, -0.05) is 0 Å². The Morgan fingerprint density at radius 2 is 2.10 bits per heavy atom. The number of amides is 1. The number of nitriles is 1. The molecule has 0 spiro atoms. The number of aromatic nitrogens is 4. The van der Waals surface area contributed by atoms with Crippen molar-refractivity contribution in [3.05, 3.63) is 59.0 Å². The predicted octanol–water partition coefficient (Wildman–Crippen LogP) is 4.02. The Hall–Kier alpha value is -3.54. The number of alkyl halides is 2. The van der Waals surface area contributed by atoms with Gasteiger partial charge in [0.25, 0.3) is 6.43 Å². The molecule has 1 fully saturated rings. The van der Waals surface area contributed by atoms with Gasteiger partial charge in [0.2, 0.25) is 5.91 Å². The molecule has 0 unspecified atom stereocenters. The fraction of sp³-hybridized carbons (Fsp3) is 0.300. The average molecular weight is 396 g/mol. The molecule has 1 saturated carbocycles. The molecule has 0 radical (unpaired) electrons. The summed E-state index contributed by atoms with van der Waals surface area (Å²) in [4.78, 5) is 12.6. The highest BCUT2D eigenvalue weighted by Gasteiger charge is 2.26. The first-order valence-corrected chi connectivity index (χ1v) is 9.19. The number of hydrogen-bond acceptors (Lipinski definition) is 4. The molecular weight excluding hydrogens is 378 g/mol. The summed E-state index contributed by atoms with van der Waals surface area (Å²) in [7, 11) is 0. The van der Waals surface area contributed by atoms with Gasteiger partial charge < -0.3 is 5.32 Å². The van der Waals surface area contributed by atoms with Gasteiger partial charge in [0, 0.05) is 35.0 Å². The molecule has 4 rings (SSSR count). The van der Waals surface area contributed by atoms with Crippen LogP contribution < -0.4 is 5.32 Å². The fourth-order valence-corrected chi connectivity index (χ4v) is 3.05. The van der Waals surface area contributed by atoms with Crippen LogP contribution >= 0.6 is 0 Å². The number of nitrogens with zero attached hydrogens (tertiary/aromatic N) is 4. The molecule has 1 aliphatic rings. The van der Waals surface area contributed by atoms with Crippen molar-refractivity contribution in [1.82, 2.24) is 20.0 Å². The SMILES string of the molecule is C[C@@H](C(=O)Nc1cc(C2CC2)[nH]n1)c1cnn(-c2cc(C#N)cc(C(F)F)c2)c1. The summed E-state index contributed by atoms with van der Waals surface area (Å²) in [5, 5.41) is 23.1. The Bertz CT molecular complexity index is 1090. The van der Waals surface area contributed by atoms with Crippen LogP contribution in [0.2, 0.25) is 0 Å². The second-order valence-corrected chi connectivity index (χ2v) is 7.14.